The summed E-state index contributed by atoms with van der Waals surface area (Å²) in [4.78, 5) is 16.8. The molecule has 0 unspecified atom stereocenters. The fraction of sp³-hybridized carbons (Fsp3) is 0.435. The van der Waals surface area contributed by atoms with Crippen LogP contribution < -0.4 is 10.1 Å². The van der Waals surface area contributed by atoms with Crippen molar-refractivity contribution in [2.75, 3.05) is 52.4 Å². The number of rotatable bonds is 9. The zero-order chi connectivity index (χ0) is 20.5. The van der Waals surface area contributed by atoms with Crippen LogP contribution >= 0.6 is 11.6 Å². The van der Waals surface area contributed by atoms with Gasteiger partial charge in [0.25, 0.3) is 0 Å². The minimum absolute atomic E-state index is 0.109. The first-order valence-corrected chi connectivity index (χ1v) is 10.6. The Morgan fingerprint density at radius 3 is 2.45 bits per heavy atom. The maximum absolute atomic E-state index is 12.2. The van der Waals surface area contributed by atoms with E-state index in [9.17, 15) is 4.79 Å². The van der Waals surface area contributed by atoms with Crippen LogP contribution in [0.3, 0.4) is 0 Å². The Labute approximate surface area is 178 Å². The second-order valence-corrected chi connectivity index (χ2v) is 7.88. The molecule has 0 radical (unpaired) electrons. The number of hydrogen-bond donors (Lipinski definition) is 1. The molecule has 5 nitrogen and oxygen atoms in total. The molecule has 1 aliphatic rings. The third kappa shape index (κ3) is 7.35. The van der Waals surface area contributed by atoms with Crippen molar-refractivity contribution in [3.63, 3.8) is 0 Å². The van der Waals surface area contributed by atoms with Gasteiger partial charge in [0.05, 0.1) is 6.54 Å². The Hall–Kier alpha value is -2.08. The van der Waals surface area contributed by atoms with Crippen molar-refractivity contribution in [2.24, 2.45) is 0 Å². The maximum Gasteiger partial charge on any atom is 0.234 e. The highest BCUT2D eigenvalue weighted by atomic mass is 35.5. The van der Waals surface area contributed by atoms with Crippen LogP contribution in [0, 0.1) is 6.92 Å². The molecule has 6 heteroatoms. The van der Waals surface area contributed by atoms with E-state index in [-0.39, 0.29) is 5.91 Å². The van der Waals surface area contributed by atoms with E-state index >= 15 is 0 Å². The molecule has 0 aromatic heterocycles. The zero-order valence-corrected chi connectivity index (χ0v) is 17.8. The predicted octanol–water partition coefficient (Wildman–Crippen LogP) is 3.00. The van der Waals surface area contributed by atoms with E-state index in [0.29, 0.717) is 24.7 Å². The number of nitrogens with zero attached hydrogens (tertiary/aromatic N) is 2. The summed E-state index contributed by atoms with van der Waals surface area (Å²) in [5.41, 5.74) is 2.57. The van der Waals surface area contributed by atoms with Crippen molar-refractivity contribution in [1.29, 1.82) is 0 Å². The van der Waals surface area contributed by atoms with Gasteiger partial charge in [-0.2, -0.15) is 0 Å². The second kappa shape index (κ2) is 11.2. The molecule has 0 saturated carbocycles. The second-order valence-electron chi connectivity index (χ2n) is 7.45. The molecule has 29 heavy (non-hydrogen) atoms. The zero-order valence-electron chi connectivity index (χ0n) is 17.1. The van der Waals surface area contributed by atoms with Gasteiger partial charge in [0.15, 0.2) is 0 Å². The van der Waals surface area contributed by atoms with Gasteiger partial charge in [-0.3, -0.25) is 14.6 Å². The summed E-state index contributed by atoms with van der Waals surface area (Å²) in [6.45, 7) is 8.55. The van der Waals surface area contributed by atoms with E-state index in [4.69, 9.17) is 16.3 Å². The first-order valence-electron chi connectivity index (χ1n) is 10.2. The van der Waals surface area contributed by atoms with Crippen molar-refractivity contribution in [3.8, 4) is 5.75 Å². The van der Waals surface area contributed by atoms with Gasteiger partial charge in [-0.1, -0.05) is 35.9 Å². The summed E-state index contributed by atoms with van der Waals surface area (Å²) in [6.07, 6.45) is 0.875. The number of hydrogen-bond acceptors (Lipinski definition) is 4. The largest absolute Gasteiger partial charge is 0.492 e. The molecule has 3 rings (SSSR count). The third-order valence-corrected chi connectivity index (χ3v) is 5.55. The first-order chi connectivity index (χ1) is 14.1. The minimum atomic E-state index is 0.109. The molecule has 0 atom stereocenters. The van der Waals surface area contributed by atoms with Crippen molar-refractivity contribution in [2.45, 2.75) is 13.3 Å². The summed E-state index contributed by atoms with van der Waals surface area (Å²) in [7, 11) is 0. The van der Waals surface area contributed by atoms with Crippen molar-refractivity contribution in [3.05, 3.63) is 64.7 Å². The van der Waals surface area contributed by atoms with Gasteiger partial charge in [0.1, 0.15) is 12.4 Å². The highest BCUT2D eigenvalue weighted by Gasteiger charge is 2.18. The van der Waals surface area contributed by atoms with E-state index in [0.717, 1.165) is 44.9 Å². The number of carbonyl (C=O) groups is 1. The standard InChI is InChI=1S/C23H30ClN3O2/c1-19-4-2-3-5-20(19)10-11-25-23(28)18-27-14-12-26(13-15-27)16-17-29-22-8-6-21(24)7-9-22/h2-9H,10-18H2,1H3,(H,25,28). The molecule has 1 saturated heterocycles. The monoisotopic (exact) mass is 415 g/mol. The quantitative estimate of drug-likeness (QED) is 0.683. The molecule has 0 aliphatic carbocycles. The average molecular weight is 416 g/mol. The molecule has 156 valence electrons. The van der Waals surface area contributed by atoms with E-state index in [2.05, 4.69) is 34.2 Å². The molecule has 2 aromatic carbocycles. The number of amides is 1. The number of carbonyl (C=O) groups excluding carboxylic acids is 1. The first kappa shape index (κ1) is 21.6. The maximum atomic E-state index is 12.2. The Bertz CT molecular complexity index is 774. The van der Waals surface area contributed by atoms with Crippen molar-refractivity contribution >= 4 is 17.5 Å². The number of piperazine rings is 1. The molecule has 2 aromatic rings. The lowest BCUT2D eigenvalue weighted by atomic mass is 10.1. The van der Waals surface area contributed by atoms with Gasteiger partial charge in [0.2, 0.25) is 5.91 Å². The van der Waals surface area contributed by atoms with Crippen LogP contribution in [-0.2, 0) is 11.2 Å². The number of halogens is 1. The van der Waals surface area contributed by atoms with E-state index in [1.807, 2.05) is 36.4 Å². The number of aryl methyl sites for hydroxylation is 1. The Kier molecular flexibility index (Phi) is 8.35. The normalized spacial score (nSPS) is 15.2. The molecule has 1 heterocycles. The molecule has 1 N–H and O–H groups in total. The Morgan fingerprint density at radius 1 is 1.03 bits per heavy atom. The van der Waals surface area contributed by atoms with Gasteiger partial charge in [-0.25, -0.2) is 0 Å². The lowest BCUT2D eigenvalue weighted by molar-refractivity contribution is -0.122. The summed E-state index contributed by atoms with van der Waals surface area (Å²) >= 11 is 5.88. The Balaban J connectivity index is 1.27. The summed E-state index contributed by atoms with van der Waals surface area (Å²) < 4.78 is 5.77. The molecular formula is C23H30ClN3O2. The van der Waals surface area contributed by atoms with Crippen LogP contribution in [0.15, 0.2) is 48.5 Å². The van der Waals surface area contributed by atoms with Crippen LogP contribution in [0.5, 0.6) is 5.75 Å². The van der Waals surface area contributed by atoms with E-state index < -0.39 is 0 Å². The summed E-state index contributed by atoms with van der Waals surface area (Å²) in [5, 5.41) is 3.77. The van der Waals surface area contributed by atoms with Gasteiger partial charge in [-0.15, -0.1) is 0 Å². The molecule has 0 spiro atoms. The van der Waals surface area contributed by atoms with Crippen LogP contribution in [0.1, 0.15) is 11.1 Å². The van der Waals surface area contributed by atoms with Crippen molar-refractivity contribution < 1.29 is 9.53 Å². The number of benzene rings is 2. The topological polar surface area (TPSA) is 44.8 Å². The van der Waals surface area contributed by atoms with Crippen LogP contribution in [-0.4, -0.2) is 68.1 Å². The molecule has 1 fully saturated rings. The van der Waals surface area contributed by atoms with Gasteiger partial charge >= 0.3 is 0 Å². The number of nitrogens with one attached hydrogen (secondary N) is 1. The van der Waals surface area contributed by atoms with Gasteiger partial charge < -0.3 is 10.1 Å². The van der Waals surface area contributed by atoms with Crippen LogP contribution in [0.2, 0.25) is 5.02 Å². The van der Waals surface area contributed by atoms with Crippen molar-refractivity contribution in [1.82, 2.24) is 15.1 Å². The molecule has 0 bridgehead atoms. The highest BCUT2D eigenvalue weighted by molar-refractivity contribution is 6.30. The average Bonchev–Trinajstić information content (AvgIpc) is 2.72. The SMILES string of the molecule is Cc1ccccc1CCNC(=O)CN1CCN(CCOc2ccc(Cl)cc2)CC1. The van der Waals surface area contributed by atoms with Crippen LogP contribution in [0.25, 0.3) is 0 Å². The Morgan fingerprint density at radius 2 is 1.72 bits per heavy atom. The molecule has 1 amide bonds. The lowest BCUT2D eigenvalue weighted by Crippen LogP contribution is -2.50. The number of ether oxygens (including phenoxy) is 1. The summed E-state index contributed by atoms with van der Waals surface area (Å²) in [5.74, 6) is 0.952. The minimum Gasteiger partial charge on any atom is -0.492 e. The van der Waals surface area contributed by atoms with Gasteiger partial charge in [-0.05, 0) is 48.7 Å². The van der Waals surface area contributed by atoms with E-state index in [1.165, 1.54) is 11.1 Å². The van der Waals surface area contributed by atoms with E-state index in [1.54, 1.807) is 0 Å². The smallest absolute Gasteiger partial charge is 0.234 e. The molecular weight excluding hydrogens is 386 g/mol. The molecule has 1 aliphatic heterocycles. The highest BCUT2D eigenvalue weighted by Crippen LogP contribution is 2.15. The van der Waals surface area contributed by atoms with Gasteiger partial charge in [0, 0.05) is 44.3 Å². The predicted molar refractivity (Wildman–Crippen MR) is 118 cm³/mol. The fourth-order valence-corrected chi connectivity index (χ4v) is 3.61. The fourth-order valence-electron chi connectivity index (χ4n) is 3.48. The summed E-state index contributed by atoms with van der Waals surface area (Å²) in [6, 6.07) is 15.8. The third-order valence-electron chi connectivity index (χ3n) is 5.30. The lowest BCUT2D eigenvalue weighted by Gasteiger charge is -2.34. The van der Waals surface area contributed by atoms with Crippen LogP contribution in [0.4, 0.5) is 0 Å².